The number of nitrogens with zero attached hydrogens (tertiary/aromatic N) is 1. The van der Waals surface area contributed by atoms with Crippen molar-refractivity contribution >= 4 is 43.9 Å². The van der Waals surface area contributed by atoms with E-state index in [-0.39, 0.29) is 17.7 Å². The Morgan fingerprint density at radius 3 is 2.43 bits per heavy atom. The maximum Gasteiger partial charge on any atom is 0.341 e. The van der Waals surface area contributed by atoms with Crippen molar-refractivity contribution in [1.29, 1.82) is 0 Å². The lowest BCUT2D eigenvalue weighted by Gasteiger charge is -2.23. The van der Waals surface area contributed by atoms with Crippen LogP contribution in [0.15, 0.2) is 48.5 Å². The van der Waals surface area contributed by atoms with E-state index in [0.29, 0.717) is 16.3 Å². The second kappa shape index (κ2) is 10.2. The van der Waals surface area contributed by atoms with Gasteiger partial charge in [-0.05, 0) is 61.6 Å². The summed E-state index contributed by atoms with van der Waals surface area (Å²) in [5, 5.41) is 3.28. The number of aryl methyl sites for hydroxylation is 1. The van der Waals surface area contributed by atoms with E-state index in [1.165, 1.54) is 60.9 Å². The summed E-state index contributed by atoms with van der Waals surface area (Å²) in [6, 6.07) is 12.0. The number of esters is 1. The molecule has 1 heterocycles. The number of halogens is 1. The van der Waals surface area contributed by atoms with Gasteiger partial charge in [0, 0.05) is 16.0 Å². The van der Waals surface area contributed by atoms with E-state index in [1.54, 1.807) is 6.07 Å². The number of nitrogens with one attached hydrogen (secondary N) is 1. The van der Waals surface area contributed by atoms with E-state index in [1.807, 2.05) is 0 Å². The van der Waals surface area contributed by atoms with Crippen LogP contribution in [0.1, 0.15) is 49.6 Å². The fraction of sp³-hybridized carbons (Fsp3) is 0.280. The SMILES string of the molecule is COC(=O)c1c(NC(=O)c2ccc(N(Cc3ccccc3F)S(C)(=O)=O)cc2)sc2c1CCCC2. The molecule has 3 aromatic rings. The zero-order valence-corrected chi connectivity index (χ0v) is 21.0. The number of carbonyl (C=O) groups excluding carboxylic acids is 2. The van der Waals surface area contributed by atoms with Gasteiger partial charge in [0.15, 0.2) is 0 Å². The average Bonchev–Trinajstić information content (AvgIpc) is 3.20. The van der Waals surface area contributed by atoms with Crippen LogP contribution in [0, 0.1) is 5.82 Å². The van der Waals surface area contributed by atoms with E-state index in [2.05, 4.69) is 5.32 Å². The molecular weight excluding hydrogens is 491 g/mol. The molecule has 2 aromatic carbocycles. The van der Waals surface area contributed by atoms with Gasteiger partial charge in [0.1, 0.15) is 10.8 Å². The first-order valence-corrected chi connectivity index (χ1v) is 13.7. The molecular formula is C25H25FN2O5S2. The van der Waals surface area contributed by atoms with Crippen LogP contribution in [0.5, 0.6) is 0 Å². The first kappa shape index (κ1) is 24.9. The van der Waals surface area contributed by atoms with Gasteiger partial charge >= 0.3 is 5.97 Å². The lowest BCUT2D eigenvalue weighted by molar-refractivity contribution is 0.0601. The molecule has 1 aliphatic carbocycles. The highest BCUT2D eigenvalue weighted by atomic mass is 32.2. The number of rotatable bonds is 7. The van der Waals surface area contributed by atoms with Crippen molar-refractivity contribution < 1.29 is 27.1 Å². The van der Waals surface area contributed by atoms with Crippen molar-refractivity contribution in [2.45, 2.75) is 32.2 Å². The summed E-state index contributed by atoms with van der Waals surface area (Å²) in [5.41, 5.74) is 2.17. The van der Waals surface area contributed by atoms with E-state index >= 15 is 0 Å². The highest BCUT2D eigenvalue weighted by molar-refractivity contribution is 7.92. The summed E-state index contributed by atoms with van der Waals surface area (Å²) in [7, 11) is -2.40. The van der Waals surface area contributed by atoms with Gasteiger partial charge < -0.3 is 10.1 Å². The number of hydrogen-bond acceptors (Lipinski definition) is 6. The molecule has 0 saturated carbocycles. The maximum absolute atomic E-state index is 14.1. The highest BCUT2D eigenvalue weighted by Gasteiger charge is 2.27. The van der Waals surface area contributed by atoms with Gasteiger partial charge in [0.25, 0.3) is 5.91 Å². The summed E-state index contributed by atoms with van der Waals surface area (Å²) >= 11 is 1.39. The molecule has 0 aliphatic heterocycles. The molecule has 184 valence electrons. The molecule has 0 fully saturated rings. The van der Waals surface area contributed by atoms with Crippen molar-refractivity contribution in [1.82, 2.24) is 0 Å². The molecule has 1 N–H and O–H groups in total. The molecule has 35 heavy (non-hydrogen) atoms. The van der Waals surface area contributed by atoms with Gasteiger partial charge in [-0.2, -0.15) is 0 Å². The lowest BCUT2D eigenvalue weighted by Crippen LogP contribution is -2.29. The predicted octanol–water partition coefficient (Wildman–Crippen LogP) is 4.77. The second-order valence-corrected chi connectivity index (χ2v) is 11.3. The molecule has 1 aromatic heterocycles. The molecule has 0 saturated heterocycles. The highest BCUT2D eigenvalue weighted by Crippen LogP contribution is 2.38. The number of benzene rings is 2. The Labute approximate surface area is 207 Å². The molecule has 1 aliphatic rings. The topological polar surface area (TPSA) is 92.8 Å². The number of sulfonamides is 1. The van der Waals surface area contributed by atoms with Gasteiger partial charge in [0.05, 0.1) is 31.2 Å². The molecule has 0 radical (unpaired) electrons. The van der Waals surface area contributed by atoms with Crippen LogP contribution in [0.25, 0.3) is 0 Å². The number of methoxy groups -OCH3 is 1. The molecule has 0 atom stereocenters. The number of hydrogen-bond donors (Lipinski definition) is 1. The Hall–Kier alpha value is -3.24. The van der Waals surface area contributed by atoms with E-state index in [0.717, 1.165) is 46.7 Å². The minimum Gasteiger partial charge on any atom is -0.465 e. The number of anilines is 2. The molecule has 1 amide bonds. The van der Waals surface area contributed by atoms with Gasteiger partial charge in [-0.1, -0.05) is 18.2 Å². The molecule has 4 rings (SSSR count). The van der Waals surface area contributed by atoms with Crippen molar-refractivity contribution in [2.75, 3.05) is 23.0 Å². The van der Waals surface area contributed by atoms with Crippen LogP contribution < -0.4 is 9.62 Å². The molecule has 0 bridgehead atoms. The third-order valence-corrected chi connectivity index (χ3v) is 8.23. The maximum atomic E-state index is 14.1. The van der Waals surface area contributed by atoms with Crippen molar-refractivity contribution in [3.8, 4) is 0 Å². The standard InChI is InChI=1S/C25H25FN2O5S2/c1-33-25(30)22-19-8-4-6-10-21(19)34-24(22)27-23(29)16-11-13-18(14-12-16)28(35(2,31)32)15-17-7-3-5-9-20(17)26/h3,5,7,9,11-14H,4,6,8,10,15H2,1-2H3,(H,27,29). The van der Waals surface area contributed by atoms with Crippen LogP contribution in [0.3, 0.4) is 0 Å². The van der Waals surface area contributed by atoms with Gasteiger partial charge in [0.2, 0.25) is 10.0 Å². The fourth-order valence-corrected chi connectivity index (χ4v) is 6.26. The Morgan fingerprint density at radius 1 is 1.09 bits per heavy atom. The number of carbonyl (C=O) groups is 2. The predicted molar refractivity (Wildman–Crippen MR) is 134 cm³/mol. The summed E-state index contributed by atoms with van der Waals surface area (Å²) < 4.78 is 45.0. The first-order chi connectivity index (χ1) is 16.7. The second-order valence-electron chi connectivity index (χ2n) is 8.27. The first-order valence-electron chi connectivity index (χ1n) is 11.0. The molecule has 7 nitrogen and oxygen atoms in total. The third-order valence-electron chi connectivity index (χ3n) is 5.88. The smallest absolute Gasteiger partial charge is 0.341 e. The van der Waals surface area contributed by atoms with Crippen LogP contribution in [0.2, 0.25) is 0 Å². The minimum atomic E-state index is -3.72. The van der Waals surface area contributed by atoms with Crippen molar-refractivity contribution in [2.24, 2.45) is 0 Å². The normalized spacial score (nSPS) is 13.1. The summed E-state index contributed by atoms with van der Waals surface area (Å²) in [4.78, 5) is 26.5. The average molecular weight is 517 g/mol. The number of amides is 1. The Kier molecular flexibility index (Phi) is 7.23. The van der Waals surface area contributed by atoms with E-state index in [4.69, 9.17) is 4.74 Å². The Balaban J connectivity index is 1.58. The molecule has 0 unspecified atom stereocenters. The van der Waals surface area contributed by atoms with Crippen LogP contribution >= 0.6 is 11.3 Å². The van der Waals surface area contributed by atoms with Crippen LogP contribution in [-0.4, -0.2) is 33.7 Å². The Morgan fingerprint density at radius 2 is 1.77 bits per heavy atom. The van der Waals surface area contributed by atoms with Gasteiger partial charge in [-0.25, -0.2) is 17.6 Å². The van der Waals surface area contributed by atoms with Crippen LogP contribution in [-0.2, 0) is 34.1 Å². The van der Waals surface area contributed by atoms with Crippen molar-refractivity contribution in [3.63, 3.8) is 0 Å². The number of thiophene rings is 1. The monoisotopic (exact) mass is 516 g/mol. The summed E-state index contributed by atoms with van der Waals surface area (Å²) in [6.07, 6.45) is 4.68. The molecule has 0 spiro atoms. The fourth-order valence-electron chi connectivity index (χ4n) is 4.11. The zero-order valence-electron chi connectivity index (χ0n) is 19.3. The molecule has 10 heteroatoms. The lowest BCUT2D eigenvalue weighted by atomic mass is 9.95. The van der Waals surface area contributed by atoms with Crippen LogP contribution in [0.4, 0.5) is 15.1 Å². The zero-order chi connectivity index (χ0) is 25.2. The quantitative estimate of drug-likeness (QED) is 0.457. The largest absolute Gasteiger partial charge is 0.465 e. The number of ether oxygens (including phenoxy) is 1. The number of fused-ring (bicyclic) bond motifs is 1. The van der Waals surface area contributed by atoms with E-state index in [9.17, 15) is 22.4 Å². The van der Waals surface area contributed by atoms with E-state index < -0.39 is 27.7 Å². The summed E-state index contributed by atoms with van der Waals surface area (Å²) in [5.74, 6) is -1.41. The minimum absolute atomic E-state index is 0.180. The Bertz CT molecular complexity index is 1370. The van der Waals surface area contributed by atoms with Gasteiger partial charge in [-0.3, -0.25) is 9.10 Å². The van der Waals surface area contributed by atoms with Gasteiger partial charge in [-0.15, -0.1) is 11.3 Å². The van der Waals surface area contributed by atoms with Crippen molar-refractivity contribution in [3.05, 3.63) is 81.5 Å². The third kappa shape index (κ3) is 5.38. The summed E-state index contributed by atoms with van der Waals surface area (Å²) in [6.45, 7) is -0.180.